The van der Waals surface area contributed by atoms with Crippen LogP contribution in [0.1, 0.15) is 53.9 Å². The Morgan fingerprint density at radius 1 is 1.20 bits per heavy atom. The smallest absolute Gasteiger partial charge is 0.0599 e. The second-order valence-corrected chi connectivity index (χ2v) is 6.86. The third-order valence-corrected chi connectivity index (χ3v) is 4.23. The Balaban J connectivity index is 4.10. The first-order valence-electron chi connectivity index (χ1n) is 6.02. The lowest BCUT2D eigenvalue weighted by Crippen LogP contribution is -2.29. The van der Waals surface area contributed by atoms with Crippen LogP contribution in [0.2, 0.25) is 0 Å². The Morgan fingerprint density at radius 2 is 1.73 bits per heavy atom. The van der Waals surface area contributed by atoms with Crippen molar-refractivity contribution in [1.29, 1.82) is 0 Å². The van der Waals surface area contributed by atoms with E-state index >= 15 is 0 Å². The van der Waals surface area contributed by atoms with E-state index in [1.54, 1.807) is 0 Å². The van der Waals surface area contributed by atoms with Gasteiger partial charge in [-0.1, -0.05) is 41.0 Å². The van der Waals surface area contributed by atoms with E-state index in [4.69, 9.17) is 0 Å². The van der Waals surface area contributed by atoms with Crippen LogP contribution in [0.3, 0.4) is 0 Å². The van der Waals surface area contributed by atoms with E-state index in [0.29, 0.717) is 5.25 Å². The highest BCUT2D eigenvalue weighted by atomic mass is 32.2. The number of aliphatic hydroxyl groups excluding tert-OH is 1. The van der Waals surface area contributed by atoms with Crippen LogP contribution in [0.4, 0.5) is 0 Å². The number of rotatable bonds is 6. The maximum atomic E-state index is 10.1. The highest BCUT2D eigenvalue weighted by Crippen LogP contribution is 2.29. The van der Waals surface area contributed by atoms with Crippen molar-refractivity contribution in [3.63, 3.8) is 0 Å². The fourth-order valence-electron chi connectivity index (χ4n) is 1.51. The molecule has 0 aromatic carbocycles. The zero-order chi connectivity index (χ0) is 12.1. The summed E-state index contributed by atoms with van der Waals surface area (Å²) in [6.07, 6.45) is 5.37. The molecule has 0 aromatic rings. The minimum atomic E-state index is -0.181. The van der Waals surface area contributed by atoms with Crippen LogP contribution in [0.15, 0.2) is 0 Å². The zero-order valence-electron chi connectivity index (χ0n) is 11.2. The Bertz CT molecular complexity index is 162. The Labute approximate surface area is 100 Å². The maximum Gasteiger partial charge on any atom is 0.0599 e. The maximum absolute atomic E-state index is 10.1. The van der Waals surface area contributed by atoms with Gasteiger partial charge in [0, 0.05) is 5.25 Å². The quantitative estimate of drug-likeness (QED) is 0.748. The number of hydrogen-bond acceptors (Lipinski definition) is 2. The van der Waals surface area contributed by atoms with Gasteiger partial charge in [-0.2, -0.15) is 11.8 Å². The van der Waals surface area contributed by atoms with E-state index < -0.39 is 0 Å². The zero-order valence-corrected chi connectivity index (χ0v) is 12.0. The van der Waals surface area contributed by atoms with Crippen molar-refractivity contribution < 1.29 is 5.11 Å². The van der Waals surface area contributed by atoms with Crippen molar-refractivity contribution in [2.75, 3.05) is 6.26 Å². The topological polar surface area (TPSA) is 20.2 Å². The van der Waals surface area contributed by atoms with Crippen molar-refractivity contribution >= 4 is 11.8 Å². The Morgan fingerprint density at radius 3 is 2.07 bits per heavy atom. The lowest BCUT2D eigenvalue weighted by Gasteiger charge is -2.29. The lowest BCUT2D eigenvalue weighted by molar-refractivity contribution is 0.0541. The molecule has 0 heterocycles. The second-order valence-electron chi connectivity index (χ2n) is 5.72. The van der Waals surface area contributed by atoms with Crippen molar-refractivity contribution in [3.05, 3.63) is 0 Å². The standard InChI is InChI=1S/C13H28OS/c1-7-10(2)8-11(15-6)9-12(14)13(3,4)5/h10-12,14H,7-9H2,1-6H3. The summed E-state index contributed by atoms with van der Waals surface area (Å²) in [5.74, 6) is 0.773. The van der Waals surface area contributed by atoms with E-state index in [1.807, 2.05) is 11.8 Å². The Hall–Kier alpha value is 0.310. The van der Waals surface area contributed by atoms with Gasteiger partial charge in [0.1, 0.15) is 0 Å². The summed E-state index contributed by atoms with van der Waals surface area (Å²) in [6.45, 7) is 10.9. The molecule has 0 radical (unpaired) electrons. The average Bonchev–Trinajstić information content (AvgIpc) is 2.14. The normalized spacial score (nSPS) is 18.6. The molecular weight excluding hydrogens is 204 g/mol. The van der Waals surface area contributed by atoms with Crippen LogP contribution < -0.4 is 0 Å². The molecule has 0 aliphatic rings. The van der Waals surface area contributed by atoms with Crippen molar-refractivity contribution in [2.24, 2.45) is 11.3 Å². The third-order valence-electron chi connectivity index (χ3n) is 3.18. The molecule has 2 heteroatoms. The predicted molar refractivity (Wildman–Crippen MR) is 71.5 cm³/mol. The van der Waals surface area contributed by atoms with Crippen LogP contribution in [0.25, 0.3) is 0 Å². The van der Waals surface area contributed by atoms with Crippen LogP contribution in [-0.2, 0) is 0 Å². The number of thioether (sulfide) groups is 1. The van der Waals surface area contributed by atoms with Crippen LogP contribution in [-0.4, -0.2) is 22.7 Å². The van der Waals surface area contributed by atoms with Gasteiger partial charge in [-0.25, -0.2) is 0 Å². The summed E-state index contributed by atoms with van der Waals surface area (Å²) in [5, 5.41) is 10.7. The molecule has 0 amide bonds. The fraction of sp³-hybridized carbons (Fsp3) is 1.00. The van der Waals surface area contributed by atoms with Crippen molar-refractivity contribution in [3.8, 4) is 0 Å². The molecule has 0 spiro atoms. The van der Waals surface area contributed by atoms with E-state index in [0.717, 1.165) is 12.3 Å². The molecule has 3 unspecified atom stereocenters. The highest BCUT2D eigenvalue weighted by Gasteiger charge is 2.25. The first-order valence-corrected chi connectivity index (χ1v) is 7.30. The summed E-state index contributed by atoms with van der Waals surface area (Å²) >= 11 is 1.90. The van der Waals surface area contributed by atoms with E-state index in [-0.39, 0.29) is 11.5 Å². The minimum absolute atomic E-state index is 0.0173. The minimum Gasteiger partial charge on any atom is -0.393 e. The molecule has 0 saturated carbocycles. The summed E-state index contributed by atoms with van der Waals surface area (Å²) < 4.78 is 0. The molecule has 0 fully saturated rings. The van der Waals surface area contributed by atoms with Gasteiger partial charge in [0.25, 0.3) is 0 Å². The molecule has 0 bridgehead atoms. The molecule has 1 nitrogen and oxygen atoms in total. The first kappa shape index (κ1) is 15.3. The molecule has 1 N–H and O–H groups in total. The van der Waals surface area contributed by atoms with Crippen LogP contribution in [0, 0.1) is 11.3 Å². The average molecular weight is 232 g/mol. The van der Waals surface area contributed by atoms with Gasteiger partial charge in [0.05, 0.1) is 6.10 Å². The molecule has 15 heavy (non-hydrogen) atoms. The SMILES string of the molecule is CCC(C)CC(CC(O)C(C)(C)C)SC. The molecule has 0 aromatic heterocycles. The van der Waals surface area contributed by atoms with E-state index in [9.17, 15) is 5.11 Å². The van der Waals surface area contributed by atoms with Gasteiger partial charge >= 0.3 is 0 Å². The molecular formula is C13H28OS. The van der Waals surface area contributed by atoms with Gasteiger partial charge in [-0.15, -0.1) is 0 Å². The summed E-state index contributed by atoms with van der Waals surface area (Å²) in [5.41, 5.74) is 0.0173. The van der Waals surface area contributed by atoms with Gasteiger partial charge in [-0.3, -0.25) is 0 Å². The first-order chi connectivity index (χ1) is 6.81. The fourth-order valence-corrected chi connectivity index (χ4v) is 2.40. The molecule has 92 valence electrons. The van der Waals surface area contributed by atoms with E-state index in [1.165, 1.54) is 12.8 Å². The van der Waals surface area contributed by atoms with Gasteiger partial charge in [0.15, 0.2) is 0 Å². The summed E-state index contributed by atoms with van der Waals surface area (Å²) in [7, 11) is 0. The molecule has 0 rings (SSSR count). The van der Waals surface area contributed by atoms with Crippen LogP contribution in [0.5, 0.6) is 0 Å². The third kappa shape index (κ3) is 6.47. The predicted octanol–water partition coefficient (Wildman–Crippen LogP) is 3.95. The van der Waals surface area contributed by atoms with Gasteiger partial charge in [0.2, 0.25) is 0 Å². The monoisotopic (exact) mass is 232 g/mol. The summed E-state index contributed by atoms with van der Waals surface area (Å²) in [6, 6.07) is 0. The Kier molecular flexibility index (Phi) is 6.94. The number of hydrogen-bond donors (Lipinski definition) is 1. The molecule has 0 saturated heterocycles. The van der Waals surface area contributed by atoms with E-state index in [2.05, 4.69) is 40.9 Å². The van der Waals surface area contributed by atoms with Gasteiger partial charge in [-0.05, 0) is 30.4 Å². The highest BCUT2D eigenvalue weighted by molar-refractivity contribution is 7.99. The molecule has 0 aliphatic carbocycles. The summed E-state index contributed by atoms with van der Waals surface area (Å²) in [4.78, 5) is 0. The lowest BCUT2D eigenvalue weighted by atomic mass is 9.85. The molecule has 3 atom stereocenters. The molecule has 0 aliphatic heterocycles. The van der Waals surface area contributed by atoms with Crippen molar-refractivity contribution in [2.45, 2.75) is 65.2 Å². The van der Waals surface area contributed by atoms with Gasteiger partial charge < -0.3 is 5.11 Å². The largest absolute Gasteiger partial charge is 0.393 e. The second kappa shape index (κ2) is 6.80. The van der Waals surface area contributed by atoms with Crippen molar-refractivity contribution in [1.82, 2.24) is 0 Å². The van der Waals surface area contributed by atoms with Crippen LogP contribution >= 0.6 is 11.8 Å². The number of aliphatic hydroxyl groups is 1.